The highest BCUT2D eigenvalue weighted by Gasteiger charge is 2.31. The number of nitrogens with zero attached hydrogens (tertiary/aromatic N) is 1. The third-order valence-corrected chi connectivity index (χ3v) is 3.18. The topological polar surface area (TPSA) is 66.6 Å². The van der Waals surface area contributed by atoms with Crippen LogP contribution in [0.4, 0.5) is 0 Å². The minimum atomic E-state index is -0.410. The first-order valence-electron chi connectivity index (χ1n) is 6.23. The van der Waals surface area contributed by atoms with Gasteiger partial charge in [0.05, 0.1) is 12.6 Å². The van der Waals surface area contributed by atoms with Gasteiger partial charge >= 0.3 is 0 Å². The molecular formula is C12H24N2O2. The van der Waals surface area contributed by atoms with Crippen molar-refractivity contribution in [3.8, 4) is 0 Å². The number of amides is 1. The van der Waals surface area contributed by atoms with E-state index in [1.54, 1.807) is 4.90 Å². The molecule has 4 nitrogen and oxygen atoms in total. The number of nitrogens with two attached hydrogens (primary N) is 1. The van der Waals surface area contributed by atoms with Crippen molar-refractivity contribution in [2.75, 3.05) is 13.2 Å². The summed E-state index contributed by atoms with van der Waals surface area (Å²) in [5.41, 5.74) is 5.89. The molecule has 1 fully saturated rings. The molecule has 0 spiro atoms. The number of carbonyl (C=O) groups excluding carboxylic acids is 1. The molecule has 0 radical (unpaired) electrons. The van der Waals surface area contributed by atoms with Crippen molar-refractivity contribution in [3.63, 3.8) is 0 Å². The molecular weight excluding hydrogens is 204 g/mol. The van der Waals surface area contributed by atoms with Gasteiger partial charge in [-0.2, -0.15) is 0 Å². The van der Waals surface area contributed by atoms with E-state index in [1.807, 2.05) is 0 Å². The van der Waals surface area contributed by atoms with Crippen molar-refractivity contribution < 1.29 is 9.90 Å². The number of hydrogen-bond acceptors (Lipinski definition) is 3. The van der Waals surface area contributed by atoms with Gasteiger partial charge in [0.25, 0.3) is 0 Å². The van der Waals surface area contributed by atoms with E-state index in [1.165, 1.54) is 6.42 Å². The molecule has 0 unspecified atom stereocenters. The van der Waals surface area contributed by atoms with Crippen molar-refractivity contribution >= 4 is 5.91 Å². The molecule has 1 atom stereocenters. The lowest BCUT2D eigenvalue weighted by Gasteiger charge is -2.38. The standard InChI is InChI=1S/C12H24N2O2/c1-9(2)8-11(13)12(16)14(6-7-15)10-4-3-5-10/h9-11,15H,3-8,13H2,1-2H3/t11-/m0/s1. The summed E-state index contributed by atoms with van der Waals surface area (Å²) < 4.78 is 0. The fourth-order valence-corrected chi connectivity index (χ4v) is 2.10. The van der Waals surface area contributed by atoms with Crippen LogP contribution in [0, 0.1) is 5.92 Å². The fraction of sp³-hybridized carbons (Fsp3) is 0.917. The van der Waals surface area contributed by atoms with Gasteiger partial charge in [-0.25, -0.2) is 0 Å². The van der Waals surface area contributed by atoms with Crippen LogP contribution in [0.5, 0.6) is 0 Å². The fourth-order valence-electron chi connectivity index (χ4n) is 2.10. The highest BCUT2D eigenvalue weighted by molar-refractivity contribution is 5.82. The lowest BCUT2D eigenvalue weighted by atomic mass is 9.90. The third kappa shape index (κ3) is 3.46. The van der Waals surface area contributed by atoms with Crippen LogP contribution in [0.1, 0.15) is 39.5 Å². The maximum Gasteiger partial charge on any atom is 0.239 e. The molecule has 94 valence electrons. The van der Waals surface area contributed by atoms with Gasteiger partial charge in [0.15, 0.2) is 0 Å². The van der Waals surface area contributed by atoms with Crippen molar-refractivity contribution in [1.29, 1.82) is 0 Å². The minimum Gasteiger partial charge on any atom is -0.395 e. The molecule has 1 aliphatic carbocycles. The summed E-state index contributed by atoms with van der Waals surface area (Å²) in [6, 6.07) is -0.0926. The molecule has 1 saturated carbocycles. The molecule has 16 heavy (non-hydrogen) atoms. The number of aliphatic hydroxyl groups is 1. The lowest BCUT2D eigenvalue weighted by Crippen LogP contribution is -2.52. The zero-order valence-corrected chi connectivity index (χ0v) is 10.4. The Morgan fingerprint density at radius 3 is 2.50 bits per heavy atom. The summed E-state index contributed by atoms with van der Waals surface area (Å²) in [6.07, 6.45) is 4.01. The van der Waals surface area contributed by atoms with E-state index in [0.29, 0.717) is 24.9 Å². The van der Waals surface area contributed by atoms with Gasteiger partial charge in [0.2, 0.25) is 5.91 Å². The molecule has 1 amide bonds. The molecule has 0 aromatic rings. The lowest BCUT2D eigenvalue weighted by molar-refractivity contribution is -0.137. The maximum absolute atomic E-state index is 12.1. The van der Waals surface area contributed by atoms with E-state index < -0.39 is 6.04 Å². The van der Waals surface area contributed by atoms with E-state index in [-0.39, 0.29) is 12.5 Å². The normalized spacial score (nSPS) is 18.3. The quantitative estimate of drug-likeness (QED) is 0.704. The van der Waals surface area contributed by atoms with E-state index in [9.17, 15) is 4.79 Å². The summed E-state index contributed by atoms with van der Waals surface area (Å²) in [6.45, 7) is 4.58. The van der Waals surface area contributed by atoms with Crippen LogP contribution in [0.3, 0.4) is 0 Å². The Morgan fingerprint density at radius 2 is 2.12 bits per heavy atom. The number of rotatable bonds is 6. The molecule has 4 heteroatoms. The molecule has 1 rings (SSSR count). The van der Waals surface area contributed by atoms with Crippen LogP contribution in [0.2, 0.25) is 0 Å². The zero-order valence-electron chi connectivity index (χ0n) is 10.4. The summed E-state index contributed by atoms with van der Waals surface area (Å²) >= 11 is 0. The largest absolute Gasteiger partial charge is 0.395 e. The van der Waals surface area contributed by atoms with Crippen molar-refractivity contribution in [2.24, 2.45) is 11.7 Å². The Labute approximate surface area is 97.8 Å². The van der Waals surface area contributed by atoms with E-state index in [4.69, 9.17) is 10.8 Å². The Hall–Kier alpha value is -0.610. The van der Waals surface area contributed by atoms with Gasteiger partial charge in [-0.15, -0.1) is 0 Å². The summed E-state index contributed by atoms with van der Waals surface area (Å²) in [4.78, 5) is 13.9. The second-order valence-electron chi connectivity index (χ2n) is 5.08. The van der Waals surface area contributed by atoms with Crippen LogP contribution in [-0.4, -0.2) is 41.1 Å². The van der Waals surface area contributed by atoms with Crippen LogP contribution in [0.25, 0.3) is 0 Å². The van der Waals surface area contributed by atoms with E-state index >= 15 is 0 Å². The summed E-state index contributed by atoms with van der Waals surface area (Å²) in [5.74, 6) is 0.434. The van der Waals surface area contributed by atoms with Crippen LogP contribution >= 0.6 is 0 Å². The summed E-state index contributed by atoms with van der Waals surface area (Å²) in [7, 11) is 0. The Balaban J connectivity index is 2.51. The highest BCUT2D eigenvalue weighted by Crippen LogP contribution is 2.25. The van der Waals surface area contributed by atoms with Gasteiger partial charge in [-0.1, -0.05) is 13.8 Å². The number of aliphatic hydroxyl groups excluding tert-OH is 1. The molecule has 0 aromatic heterocycles. The molecule has 0 aliphatic heterocycles. The van der Waals surface area contributed by atoms with E-state index in [2.05, 4.69) is 13.8 Å². The number of carbonyl (C=O) groups is 1. The smallest absolute Gasteiger partial charge is 0.239 e. The first kappa shape index (κ1) is 13.5. The molecule has 0 heterocycles. The van der Waals surface area contributed by atoms with Gasteiger partial charge in [0, 0.05) is 12.6 Å². The van der Waals surface area contributed by atoms with Crippen LogP contribution in [0.15, 0.2) is 0 Å². The highest BCUT2D eigenvalue weighted by atomic mass is 16.3. The SMILES string of the molecule is CC(C)C[C@H](N)C(=O)N(CCO)C1CCC1. The van der Waals surface area contributed by atoms with Gasteiger partial charge in [-0.3, -0.25) is 4.79 Å². The first-order valence-corrected chi connectivity index (χ1v) is 6.23. The molecule has 0 saturated heterocycles. The maximum atomic E-state index is 12.1. The molecule has 0 bridgehead atoms. The second kappa shape index (κ2) is 6.21. The van der Waals surface area contributed by atoms with Gasteiger partial charge < -0.3 is 15.7 Å². The van der Waals surface area contributed by atoms with Gasteiger partial charge in [0.1, 0.15) is 0 Å². The monoisotopic (exact) mass is 228 g/mol. The summed E-state index contributed by atoms with van der Waals surface area (Å²) in [5, 5.41) is 8.98. The third-order valence-electron chi connectivity index (χ3n) is 3.18. The molecule has 1 aliphatic rings. The number of hydrogen-bond donors (Lipinski definition) is 2. The first-order chi connectivity index (χ1) is 7.56. The average Bonchev–Trinajstić information content (AvgIpc) is 2.12. The predicted molar refractivity (Wildman–Crippen MR) is 63.9 cm³/mol. The van der Waals surface area contributed by atoms with Crippen LogP contribution in [-0.2, 0) is 4.79 Å². The molecule has 3 N–H and O–H groups in total. The van der Waals surface area contributed by atoms with Crippen molar-refractivity contribution in [1.82, 2.24) is 4.90 Å². The van der Waals surface area contributed by atoms with Crippen LogP contribution < -0.4 is 5.73 Å². The Bertz CT molecular complexity index is 227. The second-order valence-corrected chi connectivity index (χ2v) is 5.08. The minimum absolute atomic E-state index is 0.00690. The Kier molecular flexibility index (Phi) is 5.22. The molecule has 0 aromatic carbocycles. The average molecular weight is 228 g/mol. The van der Waals surface area contributed by atoms with E-state index in [0.717, 1.165) is 12.8 Å². The van der Waals surface area contributed by atoms with Gasteiger partial charge in [-0.05, 0) is 31.6 Å². The predicted octanol–water partition coefficient (Wildman–Crippen LogP) is 0.733. The zero-order chi connectivity index (χ0) is 12.1. The van der Waals surface area contributed by atoms with Crippen molar-refractivity contribution in [3.05, 3.63) is 0 Å². The van der Waals surface area contributed by atoms with Crippen molar-refractivity contribution in [2.45, 2.75) is 51.6 Å². The Morgan fingerprint density at radius 1 is 1.50 bits per heavy atom.